The van der Waals surface area contributed by atoms with E-state index in [0.29, 0.717) is 0 Å². The van der Waals surface area contributed by atoms with Crippen LogP contribution in [0, 0.1) is 0 Å². The van der Waals surface area contributed by atoms with Gasteiger partial charge in [0.15, 0.2) is 0 Å². The van der Waals surface area contributed by atoms with Gasteiger partial charge in [0, 0.05) is 0 Å². The Labute approximate surface area is 157 Å². The molecule has 0 heterocycles. The number of hydrogen-bond donors (Lipinski definition) is 2. The highest BCUT2D eigenvalue weighted by molar-refractivity contribution is 5.86. The van der Waals surface area contributed by atoms with E-state index in [1.54, 1.807) is 36.4 Å². The largest absolute Gasteiger partial charge is 0.514 e. The molecule has 0 saturated heterocycles. The first-order chi connectivity index (χ1) is 13.4. The van der Waals surface area contributed by atoms with Gasteiger partial charge >= 0.3 is 24.2 Å². The predicted octanol–water partition coefficient (Wildman–Crippen LogP) is 2.32. The smallest absolute Gasteiger partial charge is 0.478 e. The van der Waals surface area contributed by atoms with Crippen LogP contribution in [0.15, 0.2) is 60.7 Å². The summed E-state index contributed by atoms with van der Waals surface area (Å²) in [5.41, 5.74) is 0. The third-order valence-corrected chi connectivity index (χ3v) is 3.10. The lowest BCUT2D eigenvalue weighted by Gasteiger charge is -2.20. The van der Waals surface area contributed by atoms with E-state index in [1.807, 2.05) is 0 Å². The second-order valence-electron chi connectivity index (χ2n) is 5.08. The minimum Gasteiger partial charge on any atom is -0.478 e. The summed E-state index contributed by atoms with van der Waals surface area (Å²) in [4.78, 5) is 46.2. The van der Waals surface area contributed by atoms with Gasteiger partial charge in [-0.25, -0.2) is 19.2 Å². The molecular weight excluding hydrogens is 376 g/mol. The molecule has 2 aromatic carbocycles. The first kappa shape index (κ1) is 20.2. The van der Waals surface area contributed by atoms with Crippen LogP contribution in [0.5, 0.6) is 11.5 Å². The van der Waals surface area contributed by atoms with Crippen LogP contribution in [0.1, 0.15) is 0 Å². The highest BCUT2D eigenvalue weighted by Gasteiger charge is 2.41. The Morgan fingerprint density at radius 2 is 0.929 bits per heavy atom. The molecule has 2 rings (SSSR count). The molecule has 2 aromatic rings. The normalized spacial score (nSPS) is 12.1. The van der Waals surface area contributed by atoms with E-state index >= 15 is 0 Å². The average Bonchev–Trinajstić information content (AvgIpc) is 2.65. The number of para-hydroxylation sites is 2. The lowest BCUT2D eigenvalue weighted by Crippen LogP contribution is -2.46. The summed E-state index contributed by atoms with van der Waals surface area (Å²) in [5, 5.41) is 18.4. The van der Waals surface area contributed by atoms with Crippen molar-refractivity contribution in [1.29, 1.82) is 0 Å². The SMILES string of the molecule is O=C(Oc1ccccc1)O[C@H](C(=O)O)[C@H](OC(=O)Oc1ccccc1)C(=O)O. The van der Waals surface area contributed by atoms with Gasteiger partial charge in [-0.2, -0.15) is 0 Å². The molecule has 0 fully saturated rings. The molecule has 2 N–H and O–H groups in total. The third-order valence-electron chi connectivity index (χ3n) is 3.10. The standard InChI is InChI=1S/C18H14O10/c19-15(20)13(27-17(23)25-11-7-3-1-4-8-11)14(16(21)22)28-18(24)26-12-9-5-2-6-10-12/h1-10,13-14H,(H,19,20)(H,21,22)/t13-,14-/m0/s1. The van der Waals surface area contributed by atoms with Crippen LogP contribution in [0.4, 0.5) is 9.59 Å². The number of carbonyl (C=O) groups is 4. The molecule has 0 saturated carbocycles. The molecular formula is C18H14O10. The van der Waals surface area contributed by atoms with E-state index in [1.165, 1.54) is 24.3 Å². The van der Waals surface area contributed by atoms with Crippen LogP contribution in [0.25, 0.3) is 0 Å². The van der Waals surface area contributed by atoms with Gasteiger partial charge in [-0.05, 0) is 24.3 Å². The van der Waals surface area contributed by atoms with Gasteiger partial charge < -0.3 is 29.2 Å². The number of carboxylic acids is 2. The van der Waals surface area contributed by atoms with Crippen molar-refractivity contribution in [3.8, 4) is 11.5 Å². The summed E-state index contributed by atoms with van der Waals surface area (Å²) >= 11 is 0. The van der Waals surface area contributed by atoms with Crippen LogP contribution in [-0.4, -0.2) is 46.7 Å². The van der Waals surface area contributed by atoms with Crippen molar-refractivity contribution in [2.75, 3.05) is 0 Å². The number of aliphatic carboxylic acids is 2. The van der Waals surface area contributed by atoms with Gasteiger partial charge in [-0.1, -0.05) is 36.4 Å². The van der Waals surface area contributed by atoms with Crippen LogP contribution >= 0.6 is 0 Å². The lowest BCUT2D eigenvalue weighted by molar-refractivity contribution is -0.168. The van der Waals surface area contributed by atoms with Crippen LogP contribution in [0.3, 0.4) is 0 Å². The quantitative estimate of drug-likeness (QED) is 0.533. The maximum atomic E-state index is 11.8. The van der Waals surface area contributed by atoms with Crippen molar-refractivity contribution in [1.82, 2.24) is 0 Å². The Hall–Kier alpha value is -4.08. The zero-order chi connectivity index (χ0) is 20.5. The zero-order valence-electron chi connectivity index (χ0n) is 14.1. The van der Waals surface area contributed by atoms with Crippen molar-refractivity contribution < 1.29 is 48.3 Å². The molecule has 0 spiro atoms. The second-order valence-corrected chi connectivity index (χ2v) is 5.08. The van der Waals surface area contributed by atoms with E-state index in [0.717, 1.165) is 0 Å². The van der Waals surface area contributed by atoms with Gasteiger partial charge in [-0.3, -0.25) is 0 Å². The number of carbonyl (C=O) groups excluding carboxylic acids is 2. The maximum absolute atomic E-state index is 11.8. The Balaban J connectivity index is 2.06. The average molecular weight is 390 g/mol. The molecule has 10 nitrogen and oxygen atoms in total. The van der Waals surface area contributed by atoms with Gasteiger partial charge in [-0.15, -0.1) is 0 Å². The van der Waals surface area contributed by atoms with E-state index < -0.39 is 36.5 Å². The van der Waals surface area contributed by atoms with Gasteiger partial charge in [0.05, 0.1) is 0 Å². The summed E-state index contributed by atoms with van der Waals surface area (Å²) in [6.07, 6.45) is -7.75. The van der Waals surface area contributed by atoms with E-state index in [-0.39, 0.29) is 11.5 Å². The number of ether oxygens (including phenoxy) is 4. The monoisotopic (exact) mass is 390 g/mol. The van der Waals surface area contributed by atoms with Gasteiger partial charge in [0.2, 0.25) is 12.2 Å². The first-order valence-electron chi connectivity index (χ1n) is 7.69. The predicted molar refractivity (Wildman–Crippen MR) is 89.9 cm³/mol. The fraction of sp³-hybridized carbons (Fsp3) is 0.111. The molecule has 28 heavy (non-hydrogen) atoms. The molecule has 0 aliphatic rings. The Bertz CT molecular complexity index is 762. The molecule has 0 aliphatic heterocycles. The number of hydrogen-bond acceptors (Lipinski definition) is 8. The molecule has 0 radical (unpaired) electrons. The van der Waals surface area contributed by atoms with E-state index in [2.05, 4.69) is 9.47 Å². The molecule has 0 amide bonds. The number of rotatable bonds is 7. The fourth-order valence-electron chi connectivity index (χ4n) is 1.91. The van der Waals surface area contributed by atoms with Crippen LogP contribution in [-0.2, 0) is 19.1 Å². The highest BCUT2D eigenvalue weighted by atomic mass is 16.8. The number of benzene rings is 2. The molecule has 0 aliphatic carbocycles. The Morgan fingerprint density at radius 1 is 0.607 bits per heavy atom. The summed E-state index contributed by atoms with van der Waals surface area (Å²) in [7, 11) is 0. The third kappa shape index (κ3) is 6.02. The highest BCUT2D eigenvalue weighted by Crippen LogP contribution is 2.14. The molecule has 10 heteroatoms. The van der Waals surface area contributed by atoms with Crippen LogP contribution < -0.4 is 9.47 Å². The summed E-state index contributed by atoms with van der Waals surface area (Å²) in [6.45, 7) is 0. The fourth-order valence-corrected chi connectivity index (χ4v) is 1.91. The second kappa shape index (κ2) is 9.57. The van der Waals surface area contributed by atoms with Crippen molar-refractivity contribution in [3.05, 3.63) is 60.7 Å². The Kier molecular flexibility index (Phi) is 6.92. The summed E-state index contributed by atoms with van der Waals surface area (Å²) in [6, 6.07) is 15.0. The Morgan fingerprint density at radius 3 is 1.21 bits per heavy atom. The summed E-state index contributed by atoms with van der Waals surface area (Å²) in [5.74, 6) is -3.67. The zero-order valence-corrected chi connectivity index (χ0v) is 14.1. The minimum atomic E-state index is -2.38. The number of carboxylic acid groups (broad SMARTS) is 2. The van der Waals surface area contributed by atoms with E-state index in [4.69, 9.17) is 9.47 Å². The van der Waals surface area contributed by atoms with Gasteiger partial charge in [0.25, 0.3) is 0 Å². The molecule has 146 valence electrons. The molecule has 2 atom stereocenters. The van der Waals surface area contributed by atoms with Crippen molar-refractivity contribution in [2.24, 2.45) is 0 Å². The van der Waals surface area contributed by atoms with E-state index in [9.17, 15) is 29.4 Å². The van der Waals surface area contributed by atoms with Crippen molar-refractivity contribution in [2.45, 2.75) is 12.2 Å². The molecule has 0 bridgehead atoms. The van der Waals surface area contributed by atoms with Crippen LogP contribution in [0.2, 0.25) is 0 Å². The summed E-state index contributed by atoms with van der Waals surface area (Å²) < 4.78 is 18.5. The lowest BCUT2D eigenvalue weighted by atomic mass is 10.2. The first-order valence-corrected chi connectivity index (χ1v) is 7.69. The van der Waals surface area contributed by atoms with Gasteiger partial charge in [0.1, 0.15) is 11.5 Å². The molecule has 0 aromatic heterocycles. The minimum absolute atomic E-state index is 0.0351. The topological polar surface area (TPSA) is 146 Å². The van der Waals surface area contributed by atoms with Crippen molar-refractivity contribution >= 4 is 24.2 Å². The molecule has 0 unspecified atom stereocenters. The maximum Gasteiger partial charge on any atom is 0.514 e. The van der Waals surface area contributed by atoms with Crippen molar-refractivity contribution in [3.63, 3.8) is 0 Å².